The predicted molar refractivity (Wildman–Crippen MR) is 73.9 cm³/mol. The zero-order valence-electron chi connectivity index (χ0n) is 9.85. The number of hydrogen-bond acceptors (Lipinski definition) is 5. The Morgan fingerprint density at radius 3 is 2.24 bits per heavy atom. The van der Waals surface area contributed by atoms with Gasteiger partial charge in [0.2, 0.25) is 5.79 Å². The molecule has 0 saturated heterocycles. The van der Waals surface area contributed by atoms with Crippen LogP contribution in [0.2, 0.25) is 0 Å². The van der Waals surface area contributed by atoms with Crippen LogP contribution in [0.25, 0.3) is 0 Å². The van der Waals surface area contributed by atoms with Crippen molar-refractivity contribution in [1.29, 1.82) is 0 Å². The van der Waals surface area contributed by atoms with E-state index in [-0.39, 0.29) is 4.86 Å². The number of thiocarbonyl (C=S) groups is 2. The van der Waals surface area contributed by atoms with Gasteiger partial charge < -0.3 is 14.2 Å². The quantitative estimate of drug-likeness (QED) is 0.584. The lowest BCUT2D eigenvalue weighted by molar-refractivity contribution is -0.158. The molecule has 5 heteroatoms. The van der Waals surface area contributed by atoms with E-state index in [1.807, 2.05) is 18.2 Å². The Labute approximate surface area is 112 Å². The average Bonchev–Trinajstić information content (AvgIpc) is 2.41. The van der Waals surface area contributed by atoms with Gasteiger partial charge in [-0.05, 0) is 12.1 Å². The monoisotopic (exact) mass is 269 g/mol. The summed E-state index contributed by atoms with van der Waals surface area (Å²) in [5, 5.41) is 2.47. The van der Waals surface area contributed by atoms with Gasteiger partial charge >= 0.3 is 0 Å². The molecule has 17 heavy (non-hydrogen) atoms. The van der Waals surface area contributed by atoms with Gasteiger partial charge in [0, 0.05) is 14.2 Å². The van der Waals surface area contributed by atoms with Crippen molar-refractivity contribution in [3.8, 4) is 5.75 Å². The van der Waals surface area contributed by atoms with E-state index in [1.165, 1.54) is 14.2 Å². The molecule has 1 aromatic carbocycles. The second-order valence-electron chi connectivity index (χ2n) is 3.16. The van der Waals surface area contributed by atoms with Gasteiger partial charge in [0.05, 0.1) is 22.9 Å². The van der Waals surface area contributed by atoms with Crippen molar-refractivity contribution in [2.45, 2.75) is 5.79 Å². The van der Waals surface area contributed by atoms with Crippen LogP contribution in [-0.2, 0) is 15.3 Å². The van der Waals surface area contributed by atoms with Gasteiger partial charge in [-0.2, -0.15) is 0 Å². The molecule has 0 unspecified atom stereocenters. The largest absolute Gasteiger partial charge is 0.496 e. The Balaban J connectivity index is 3.41. The third-order valence-electron chi connectivity index (χ3n) is 2.43. The SMILES string of the molecule is COc1ccccc1C(OC)(OC)C(=S)[C]=S. The molecule has 0 saturated carbocycles. The van der Waals surface area contributed by atoms with E-state index in [4.69, 9.17) is 38.6 Å². The summed E-state index contributed by atoms with van der Waals surface area (Å²) >= 11 is 9.90. The van der Waals surface area contributed by atoms with Crippen molar-refractivity contribution in [3.63, 3.8) is 0 Å². The second-order valence-corrected chi connectivity index (χ2v) is 3.77. The summed E-state index contributed by atoms with van der Waals surface area (Å²) in [7, 11) is 4.56. The van der Waals surface area contributed by atoms with Crippen LogP contribution >= 0.6 is 24.4 Å². The summed E-state index contributed by atoms with van der Waals surface area (Å²) in [4.78, 5) is 0.252. The summed E-state index contributed by atoms with van der Waals surface area (Å²) in [6.45, 7) is 0. The first-order chi connectivity index (χ1) is 8.16. The van der Waals surface area contributed by atoms with E-state index in [0.29, 0.717) is 11.3 Å². The van der Waals surface area contributed by atoms with Gasteiger partial charge in [0.1, 0.15) is 5.75 Å². The Morgan fingerprint density at radius 1 is 1.18 bits per heavy atom. The second kappa shape index (κ2) is 6.16. The number of rotatable bonds is 6. The van der Waals surface area contributed by atoms with Crippen LogP contribution in [0.4, 0.5) is 0 Å². The fourth-order valence-electron chi connectivity index (χ4n) is 1.59. The first kappa shape index (κ1) is 14.2. The van der Waals surface area contributed by atoms with Gasteiger partial charge in [-0.25, -0.2) is 0 Å². The van der Waals surface area contributed by atoms with Crippen LogP contribution in [0.15, 0.2) is 24.3 Å². The number of hydrogen-bond donors (Lipinski definition) is 0. The van der Waals surface area contributed by atoms with Crippen molar-refractivity contribution in [2.24, 2.45) is 0 Å². The van der Waals surface area contributed by atoms with Crippen LogP contribution in [-0.4, -0.2) is 31.6 Å². The molecule has 1 rings (SSSR count). The molecule has 0 amide bonds. The molecule has 0 heterocycles. The fraction of sp³-hybridized carbons (Fsp3) is 0.333. The van der Waals surface area contributed by atoms with Crippen molar-refractivity contribution in [2.75, 3.05) is 21.3 Å². The van der Waals surface area contributed by atoms with E-state index < -0.39 is 5.79 Å². The molecule has 0 spiro atoms. The average molecular weight is 269 g/mol. The normalized spacial score (nSPS) is 11.0. The van der Waals surface area contributed by atoms with E-state index >= 15 is 0 Å². The minimum atomic E-state index is -1.23. The molecule has 1 radical (unpaired) electrons. The topological polar surface area (TPSA) is 27.7 Å². The molecule has 91 valence electrons. The zero-order chi connectivity index (χ0) is 12.9. The highest BCUT2D eigenvalue weighted by Crippen LogP contribution is 2.34. The van der Waals surface area contributed by atoms with Gasteiger partial charge in [-0.1, -0.05) is 36.6 Å². The van der Waals surface area contributed by atoms with Gasteiger partial charge in [-0.15, -0.1) is 0 Å². The summed E-state index contributed by atoms with van der Waals surface area (Å²) in [5.74, 6) is -0.618. The van der Waals surface area contributed by atoms with Crippen molar-refractivity contribution < 1.29 is 14.2 Å². The molecule has 0 aliphatic heterocycles. The van der Waals surface area contributed by atoms with E-state index in [0.717, 1.165) is 0 Å². The number of ether oxygens (including phenoxy) is 3. The Bertz CT molecular complexity index is 414. The lowest BCUT2D eigenvalue weighted by Crippen LogP contribution is -2.39. The minimum absolute atomic E-state index is 0.252. The maximum Gasteiger partial charge on any atom is 0.237 e. The highest BCUT2D eigenvalue weighted by Gasteiger charge is 2.39. The van der Waals surface area contributed by atoms with Crippen molar-refractivity contribution in [3.05, 3.63) is 29.8 Å². The molecule has 3 nitrogen and oxygen atoms in total. The van der Waals surface area contributed by atoms with Crippen molar-refractivity contribution in [1.82, 2.24) is 0 Å². The third-order valence-corrected chi connectivity index (χ3v) is 3.13. The van der Waals surface area contributed by atoms with Gasteiger partial charge in [0.15, 0.2) is 0 Å². The van der Waals surface area contributed by atoms with Crippen LogP contribution < -0.4 is 4.74 Å². The standard InChI is InChI=1S/C12H13O3S2/c1-13-10-7-5-4-6-9(10)12(14-2,15-3)11(17)8-16/h4-7H,1-3H3. The van der Waals surface area contributed by atoms with E-state index in [2.05, 4.69) is 5.37 Å². The summed E-state index contributed by atoms with van der Waals surface area (Å²) in [5.41, 5.74) is 0.662. The fourth-order valence-corrected chi connectivity index (χ4v) is 2.01. The molecule has 0 N–H and O–H groups in total. The summed E-state index contributed by atoms with van der Waals surface area (Å²) in [6, 6.07) is 7.30. The molecule has 0 fully saturated rings. The lowest BCUT2D eigenvalue weighted by atomic mass is 10.0. The highest BCUT2D eigenvalue weighted by atomic mass is 32.1. The number of methoxy groups -OCH3 is 3. The van der Waals surface area contributed by atoms with E-state index in [9.17, 15) is 0 Å². The van der Waals surface area contributed by atoms with E-state index in [1.54, 1.807) is 13.2 Å². The van der Waals surface area contributed by atoms with Gasteiger partial charge in [-0.3, -0.25) is 0 Å². The molecule has 0 atom stereocenters. The maximum atomic E-state index is 5.40. The minimum Gasteiger partial charge on any atom is -0.496 e. The zero-order valence-corrected chi connectivity index (χ0v) is 11.5. The third kappa shape index (κ3) is 2.52. The Kier molecular flexibility index (Phi) is 5.14. The Hall–Kier alpha value is -0.880. The molecule has 0 aromatic heterocycles. The van der Waals surface area contributed by atoms with Crippen LogP contribution in [0.5, 0.6) is 5.75 Å². The van der Waals surface area contributed by atoms with Crippen molar-refractivity contribution >= 4 is 34.7 Å². The number of para-hydroxylation sites is 1. The molecular formula is C12H13O3S2. The molecule has 1 aromatic rings. The highest BCUT2D eigenvalue weighted by molar-refractivity contribution is 7.88. The first-order valence-corrected chi connectivity index (χ1v) is 5.64. The predicted octanol–water partition coefficient (Wildman–Crippen LogP) is 2.39. The van der Waals surface area contributed by atoms with Crippen LogP contribution in [0.3, 0.4) is 0 Å². The molecule has 0 bridgehead atoms. The molecular weight excluding hydrogens is 256 g/mol. The Morgan fingerprint density at radius 2 is 1.76 bits per heavy atom. The number of benzene rings is 1. The summed E-state index contributed by atoms with van der Waals surface area (Å²) in [6.07, 6.45) is 0. The van der Waals surface area contributed by atoms with Crippen LogP contribution in [0.1, 0.15) is 5.56 Å². The summed E-state index contributed by atoms with van der Waals surface area (Å²) < 4.78 is 16.1. The molecule has 0 aliphatic carbocycles. The van der Waals surface area contributed by atoms with Crippen LogP contribution in [0, 0.1) is 0 Å². The first-order valence-electron chi connectivity index (χ1n) is 4.82. The lowest BCUT2D eigenvalue weighted by Gasteiger charge is -2.31. The molecule has 0 aliphatic rings. The van der Waals surface area contributed by atoms with Gasteiger partial charge in [0.25, 0.3) is 0 Å². The maximum absolute atomic E-state index is 5.40. The smallest absolute Gasteiger partial charge is 0.237 e.